The second kappa shape index (κ2) is 5.77. The van der Waals surface area contributed by atoms with Crippen LogP contribution >= 0.6 is 38.9 Å². The Labute approximate surface area is 129 Å². The Balaban J connectivity index is 2.45. The minimum atomic E-state index is -0.566. The highest BCUT2D eigenvalue weighted by atomic mass is 79.9. The van der Waals surface area contributed by atoms with Crippen molar-refractivity contribution in [1.82, 2.24) is 4.98 Å². The van der Waals surface area contributed by atoms with Crippen LogP contribution in [0.4, 0.5) is 5.13 Å². The van der Waals surface area contributed by atoms with Crippen LogP contribution in [0, 0.1) is 0 Å². The van der Waals surface area contributed by atoms with E-state index in [0.29, 0.717) is 11.0 Å². The van der Waals surface area contributed by atoms with Gasteiger partial charge in [0, 0.05) is 4.47 Å². The number of benzene rings is 1. The predicted octanol–water partition coefficient (Wildman–Crippen LogP) is 4.75. The van der Waals surface area contributed by atoms with Crippen molar-refractivity contribution in [2.24, 2.45) is 0 Å². The maximum absolute atomic E-state index is 11.6. The topological polar surface area (TPSA) is 42.0 Å². The summed E-state index contributed by atoms with van der Waals surface area (Å²) >= 11 is 10.7. The summed E-state index contributed by atoms with van der Waals surface area (Å²) in [6.07, 6.45) is 0. The quantitative estimate of drug-likeness (QED) is 0.802. The van der Waals surface area contributed by atoms with E-state index in [1.165, 1.54) is 16.9 Å². The number of aromatic nitrogens is 1. The third-order valence-corrected chi connectivity index (χ3v) is 4.28. The second-order valence-corrected chi connectivity index (χ2v) is 7.22. The van der Waals surface area contributed by atoms with Crippen LogP contribution in [-0.4, -0.2) is 16.3 Å². The standard InChI is InChI=1S/C13H14BrClN2OS/c1-6(2)9-4-8(14)5-10-11(9)16-13(19-10)17-12(18)7(3)15/h4-7H,1-3H3,(H,16,17,18)/t7-/m0/s1. The molecular formula is C13H14BrClN2OS. The van der Waals surface area contributed by atoms with Gasteiger partial charge in [0.1, 0.15) is 5.38 Å². The number of hydrogen-bond acceptors (Lipinski definition) is 3. The molecule has 1 aromatic carbocycles. The zero-order chi connectivity index (χ0) is 14.2. The van der Waals surface area contributed by atoms with Crippen LogP contribution in [0.1, 0.15) is 32.3 Å². The van der Waals surface area contributed by atoms with Gasteiger partial charge in [-0.25, -0.2) is 4.98 Å². The number of hydrogen-bond donors (Lipinski definition) is 1. The van der Waals surface area contributed by atoms with E-state index in [9.17, 15) is 4.79 Å². The molecule has 0 aliphatic heterocycles. The first kappa shape index (κ1) is 14.8. The maximum Gasteiger partial charge on any atom is 0.243 e. The van der Waals surface area contributed by atoms with Gasteiger partial charge in [0.15, 0.2) is 5.13 Å². The monoisotopic (exact) mass is 360 g/mol. The molecule has 0 fully saturated rings. The Morgan fingerprint density at radius 3 is 2.68 bits per heavy atom. The van der Waals surface area contributed by atoms with E-state index in [2.05, 4.69) is 46.1 Å². The minimum Gasteiger partial charge on any atom is -0.301 e. The van der Waals surface area contributed by atoms with Gasteiger partial charge in [-0.1, -0.05) is 41.1 Å². The number of nitrogens with one attached hydrogen (secondary N) is 1. The van der Waals surface area contributed by atoms with Gasteiger partial charge in [-0.3, -0.25) is 4.79 Å². The molecule has 102 valence electrons. The van der Waals surface area contributed by atoms with Crippen molar-refractivity contribution >= 4 is 60.1 Å². The molecule has 3 nitrogen and oxygen atoms in total. The van der Waals surface area contributed by atoms with Crippen molar-refractivity contribution < 1.29 is 4.79 Å². The van der Waals surface area contributed by atoms with Crippen LogP contribution in [0.25, 0.3) is 10.2 Å². The minimum absolute atomic E-state index is 0.231. The maximum atomic E-state index is 11.6. The van der Waals surface area contributed by atoms with Gasteiger partial charge in [0.25, 0.3) is 0 Å². The lowest BCUT2D eigenvalue weighted by molar-refractivity contribution is -0.115. The molecule has 1 aromatic heterocycles. The number of anilines is 1. The lowest BCUT2D eigenvalue weighted by Crippen LogP contribution is -2.20. The molecule has 0 radical (unpaired) electrons. The van der Waals surface area contributed by atoms with Crippen molar-refractivity contribution in [3.8, 4) is 0 Å². The van der Waals surface area contributed by atoms with Crippen molar-refractivity contribution in [2.75, 3.05) is 5.32 Å². The summed E-state index contributed by atoms with van der Waals surface area (Å²) in [5.74, 6) is 0.142. The molecule has 1 atom stereocenters. The number of rotatable bonds is 3. The Hall–Kier alpha value is -0.650. The third kappa shape index (κ3) is 3.27. The van der Waals surface area contributed by atoms with Gasteiger partial charge in [0.05, 0.1) is 10.2 Å². The van der Waals surface area contributed by atoms with E-state index in [1.807, 2.05) is 6.07 Å². The SMILES string of the molecule is CC(C)c1cc(Br)cc2sc(NC(=O)[C@H](C)Cl)nc12. The van der Waals surface area contributed by atoms with E-state index in [-0.39, 0.29) is 5.91 Å². The van der Waals surface area contributed by atoms with Crippen molar-refractivity contribution in [3.05, 3.63) is 22.2 Å². The predicted molar refractivity (Wildman–Crippen MR) is 85.4 cm³/mol. The highest BCUT2D eigenvalue weighted by Crippen LogP contribution is 2.34. The van der Waals surface area contributed by atoms with Gasteiger partial charge in [0.2, 0.25) is 5.91 Å². The molecule has 0 saturated carbocycles. The molecule has 0 saturated heterocycles. The Morgan fingerprint density at radius 2 is 2.11 bits per heavy atom. The number of carbonyl (C=O) groups is 1. The van der Waals surface area contributed by atoms with Gasteiger partial charge < -0.3 is 5.32 Å². The lowest BCUT2D eigenvalue weighted by Gasteiger charge is -2.06. The van der Waals surface area contributed by atoms with Crippen LogP contribution in [-0.2, 0) is 4.79 Å². The molecule has 1 N–H and O–H groups in total. The van der Waals surface area contributed by atoms with E-state index < -0.39 is 5.38 Å². The van der Waals surface area contributed by atoms with E-state index >= 15 is 0 Å². The van der Waals surface area contributed by atoms with Crippen LogP contribution in [0.5, 0.6) is 0 Å². The van der Waals surface area contributed by atoms with Crippen LogP contribution in [0.2, 0.25) is 0 Å². The Bertz CT molecular complexity index is 624. The first-order valence-corrected chi connectivity index (χ1v) is 7.98. The lowest BCUT2D eigenvalue weighted by atomic mass is 10.0. The summed E-state index contributed by atoms with van der Waals surface area (Å²) in [5.41, 5.74) is 2.11. The van der Waals surface area contributed by atoms with Crippen molar-refractivity contribution in [2.45, 2.75) is 32.1 Å². The normalized spacial score (nSPS) is 12.9. The molecule has 0 aliphatic rings. The fourth-order valence-electron chi connectivity index (χ4n) is 1.72. The van der Waals surface area contributed by atoms with E-state index in [0.717, 1.165) is 14.7 Å². The number of thiazole rings is 1. The summed E-state index contributed by atoms with van der Waals surface area (Å²) in [5, 5.41) is 2.76. The van der Waals surface area contributed by atoms with Gasteiger partial charge in [-0.2, -0.15) is 0 Å². The van der Waals surface area contributed by atoms with Crippen LogP contribution in [0.15, 0.2) is 16.6 Å². The molecule has 2 aromatic rings. The van der Waals surface area contributed by atoms with Gasteiger partial charge >= 0.3 is 0 Å². The molecule has 6 heteroatoms. The number of carbonyl (C=O) groups excluding carboxylic acids is 1. The van der Waals surface area contributed by atoms with Crippen LogP contribution in [0.3, 0.4) is 0 Å². The highest BCUT2D eigenvalue weighted by Gasteiger charge is 2.15. The summed E-state index contributed by atoms with van der Waals surface area (Å²) in [7, 11) is 0. The zero-order valence-corrected chi connectivity index (χ0v) is 14.0. The molecule has 0 unspecified atom stereocenters. The summed E-state index contributed by atoms with van der Waals surface area (Å²) in [4.78, 5) is 16.1. The molecule has 2 rings (SSSR count). The highest BCUT2D eigenvalue weighted by molar-refractivity contribution is 9.10. The Kier molecular flexibility index (Phi) is 4.48. The van der Waals surface area contributed by atoms with E-state index in [1.54, 1.807) is 6.92 Å². The molecule has 0 spiro atoms. The van der Waals surface area contributed by atoms with Crippen LogP contribution < -0.4 is 5.32 Å². The van der Waals surface area contributed by atoms with E-state index in [4.69, 9.17) is 11.6 Å². The van der Waals surface area contributed by atoms with Gasteiger partial charge in [-0.15, -0.1) is 11.6 Å². The van der Waals surface area contributed by atoms with Crippen molar-refractivity contribution in [1.29, 1.82) is 0 Å². The molecule has 0 aliphatic carbocycles. The fourth-order valence-corrected chi connectivity index (χ4v) is 3.34. The number of alkyl halides is 1. The molecular weight excluding hydrogens is 348 g/mol. The Morgan fingerprint density at radius 1 is 1.42 bits per heavy atom. The largest absolute Gasteiger partial charge is 0.301 e. The average Bonchev–Trinajstić information content (AvgIpc) is 2.69. The first-order chi connectivity index (χ1) is 8.88. The second-order valence-electron chi connectivity index (χ2n) is 4.62. The fraction of sp³-hybridized carbons (Fsp3) is 0.385. The van der Waals surface area contributed by atoms with Crippen molar-refractivity contribution in [3.63, 3.8) is 0 Å². The average molecular weight is 362 g/mol. The first-order valence-electron chi connectivity index (χ1n) is 5.93. The number of nitrogens with zero attached hydrogens (tertiary/aromatic N) is 1. The summed E-state index contributed by atoms with van der Waals surface area (Å²) in [6, 6.07) is 4.08. The summed E-state index contributed by atoms with van der Waals surface area (Å²) in [6.45, 7) is 5.89. The number of amides is 1. The molecule has 0 bridgehead atoms. The molecule has 19 heavy (non-hydrogen) atoms. The van der Waals surface area contributed by atoms with Gasteiger partial charge in [-0.05, 0) is 30.5 Å². The third-order valence-electron chi connectivity index (χ3n) is 2.70. The summed E-state index contributed by atoms with van der Waals surface area (Å²) < 4.78 is 2.08. The zero-order valence-electron chi connectivity index (χ0n) is 10.8. The smallest absolute Gasteiger partial charge is 0.243 e. The molecule has 1 heterocycles. The molecule has 1 amide bonds. The number of halogens is 2. The number of fused-ring (bicyclic) bond motifs is 1.